The highest BCUT2D eigenvalue weighted by atomic mass is 32.1. The number of thiazole rings is 1. The molecule has 1 saturated heterocycles. The van der Waals surface area contributed by atoms with Gasteiger partial charge in [0.2, 0.25) is 5.91 Å². The molecule has 3 rings (SSSR count). The minimum Gasteiger partial charge on any atom is -0.344 e. The molecule has 0 radical (unpaired) electrons. The number of carbonyl (C=O) groups is 2. The maximum atomic E-state index is 12.6. The van der Waals surface area contributed by atoms with Crippen molar-refractivity contribution in [2.75, 3.05) is 11.4 Å². The van der Waals surface area contributed by atoms with Crippen molar-refractivity contribution in [1.82, 2.24) is 20.1 Å². The lowest BCUT2D eigenvalue weighted by atomic mass is 10.0. The number of carbonyl (C=O) groups excluding carboxylic acids is 2. The summed E-state index contributed by atoms with van der Waals surface area (Å²) in [6.07, 6.45) is 3.51. The number of anilines is 1. The van der Waals surface area contributed by atoms with Gasteiger partial charge in [-0.2, -0.15) is 5.10 Å². The van der Waals surface area contributed by atoms with Crippen LogP contribution in [0.3, 0.4) is 0 Å². The van der Waals surface area contributed by atoms with Crippen molar-refractivity contribution in [1.29, 1.82) is 0 Å². The lowest BCUT2D eigenvalue weighted by Gasteiger charge is -2.31. The van der Waals surface area contributed by atoms with Crippen LogP contribution < -0.4 is 10.2 Å². The molecule has 1 aliphatic heterocycles. The summed E-state index contributed by atoms with van der Waals surface area (Å²) in [4.78, 5) is 32.0. The first-order valence-corrected chi connectivity index (χ1v) is 8.79. The van der Waals surface area contributed by atoms with Crippen molar-refractivity contribution in [3.05, 3.63) is 27.8 Å². The molecular formula is C16H21N5O2S. The van der Waals surface area contributed by atoms with Crippen LogP contribution in [0.2, 0.25) is 0 Å². The fraction of sp³-hybridized carbons (Fsp3) is 0.500. The molecule has 0 aromatic carbocycles. The van der Waals surface area contributed by atoms with E-state index in [0.717, 1.165) is 22.0 Å². The molecule has 7 nitrogen and oxygen atoms in total. The Morgan fingerprint density at radius 1 is 1.46 bits per heavy atom. The number of nitrogens with one attached hydrogen (secondary N) is 1. The Hall–Kier alpha value is -2.22. The van der Waals surface area contributed by atoms with Gasteiger partial charge in [-0.05, 0) is 26.7 Å². The van der Waals surface area contributed by atoms with Gasteiger partial charge in [-0.15, -0.1) is 11.3 Å². The van der Waals surface area contributed by atoms with Crippen LogP contribution in [0.5, 0.6) is 0 Å². The number of aryl methyl sites for hydroxylation is 3. The smallest absolute Gasteiger partial charge is 0.250 e. The first-order valence-electron chi connectivity index (χ1n) is 7.97. The maximum absolute atomic E-state index is 12.6. The maximum Gasteiger partial charge on any atom is 0.250 e. The Bertz CT molecular complexity index is 766. The Labute approximate surface area is 144 Å². The van der Waals surface area contributed by atoms with Crippen molar-refractivity contribution < 1.29 is 9.59 Å². The zero-order valence-corrected chi connectivity index (χ0v) is 14.9. The van der Waals surface area contributed by atoms with Crippen molar-refractivity contribution in [3.8, 4) is 0 Å². The Morgan fingerprint density at radius 3 is 2.88 bits per heavy atom. The number of hydrogen-bond acceptors (Lipinski definition) is 5. The summed E-state index contributed by atoms with van der Waals surface area (Å²) in [7, 11) is 1.81. The molecule has 1 N–H and O–H groups in total. The zero-order valence-electron chi connectivity index (χ0n) is 14.1. The lowest BCUT2D eigenvalue weighted by Crippen LogP contribution is -2.53. The molecule has 3 heterocycles. The number of amides is 2. The van der Waals surface area contributed by atoms with Gasteiger partial charge in [0, 0.05) is 30.7 Å². The molecule has 0 bridgehead atoms. The molecule has 1 aliphatic rings. The number of aromatic nitrogens is 3. The van der Waals surface area contributed by atoms with E-state index in [1.54, 1.807) is 27.1 Å². The van der Waals surface area contributed by atoms with Gasteiger partial charge in [0.05, 0.1) is 17.1 Å². The third kappa shape index (κ3) is 3.48. The molecule has 24 heavy (non-hydrogen) atoms. The molecule has 1 atom stereocenters. The molecule has 1 fully saturated rings. The molecule has 2 aromatic rings. The van der Waals surface area contributed by atoms with E-state index in [1.165, 1.54) is 0 Å². The highest BCUT2D eigenvalue weighted by molar-refractivity contribution is 7.11. The fourth-order valence-corrected chi connectivity index (χ4v) is 3.75. The van der Waals surface area contributed by atoms with Crippen LogP contribution in [0.25, 0.3) is 0 Å². The van der Waals surface area contributed by atoms with Gasteiger partial charge in [0.25, 0.3) is 5.91 Å². The van der Waals surface area contributed by atoms with Gasteiger partial charge < -0.3 is 5.32 Å². The number of piperidine rings is 1. The monoisotopic (exact) mass is 347 g/mol. The SMILES string of the molecule is Cc1nc(CC(=O)N[C@H]2CCCN(c3ccn(C)n3)C2=O)c(C)s1. The third-order valence-electron chi connectivity index (χ3n) is 4.08. The summed E-state index contributed by atoms with van der Waals surface area (Å²) in [6.45, 7) is 4.52. The van der Waals surface area contributed by atoms with E-state index >= 15 is 0 Å². The molecule has 2 amide bonds. The van der Waals surface area contributed by atoms with Crippen LogP contribution in [-0.4, -0.2) is 39.2 Å². The average Bonchev–Trinajstić information content (AvgIpc) is 3.07. The quantitative estimate of drug-likeness (QED) is 0.905. The molecule has 0 spiro atoms. The molecule has 0 saturated carbocycles. The largest absolute Gasteiger partial charge is 0.344 e. The van der Waals surface area contributed by atoms with Gasteiger partial charge in [-0.3, -0.25) is 19.2 Å². The standard InChI is InChI=1S/C16H21N5O2S/c1-10-13(17-11(2)24-10)9-15(22)18-12-5-4-7-21(16(12)23)14-6-8-20(3)19-14/h6,8,12H,4-5,7,9H2,1-3H3,(H,18,22)/t12-/m0/s1. The summed E-state index contributed by atoms with van der Waals surface area (Å²) < 4.78 is 1.66. The lowest BCUT2D eigenvalue weighted by molar-refractivity contribution is -0.128. The summed E-state index contributed by atoms with van der Waals surface area (Å²) >= 11 is 1.58. The minimum atomic E-state index is -0.492. The van der Waals surface area contributed by atoms with Gasteiger partial charge in [-0.1, -0.05) is 0 Å². The molecule has 0 aliphatic carbocycles. The van der Waals surface area contributed by atoms with Crippen molar-refractivity contribution in [2.24, 2.45) is 7.05 Å². The van der Waals surface area contributed by atoms with Crippen molar-refractivity contribution >= 4 is 29.0 Å². The highest BCUT2D eigenvalue weighted by Crippen LogP contribution is 2.20. The van der Waals surface area contributed by atoms with Crippen LogP contribution in [0.4, 0.5) is 5.82 Å². The van der Waals surface area contributed by atoms with Gasteiger partial charge in [0.15, 0.2) is 5.82 Å². The predicted molar refractivity (Wildman–Crippen MR) is 92.0 cm³/mol. The summed E-state index contributed by atoms with van der Waals surface area (Å²) in [5, 5.41) is 8.09. The van der Waals surface area contributed by atoms with Crippen molar-refractivity contribution in [2.45, 2.75) is 39.2 Å². The van der Waals surface area contributed by atoms with E-state index in [4.69, 9.17) is 0 Å². The molecule has 8 heteroatoms. The van der Waals surface area contributed by atoms with Crippen molar-refractivity contribution in [3.63, 3.8) is 0 Å². The number of rotatable bonds is 4. The van der Waals surface area contributed by atoms with E-state index in [0.29, 0.717) is 18.8 Å². The first-order chi connectivity index (χ1) is 11.4. The van der Waals surface area contributed by atoms with Crippen LogP contribution >= 0.6 is 11.3 Å². The second-order valence-electron chi connectivity index (χ2n) is 6.01. The van der Waals surface area contributed by atoms with E-state index < -0.39 is 6.04 Å². The van der Waals surface area contributed by atoms with Gasteiger partial charge in [-0.25, -0.2) is 4.98 Å². The predicted octanol–water partition coefficient (Wildman–Crippen LogP) is 1.35. The molecule has 128 valence electrons. The number of hydrogen-bond donors (Lipinski definition) is 1. The topological polar surface area (TPSA) is 80.1 Å². The van der Waals surface area contributed by atoms with Crippen LogP contribution in [0, 0.1) is 13.8 Å². The normalized spacial score (nSPS) is 18.0. The van der Waals surface area contributed by atoms with Gasteiger partial charge in [0.1, 0.15) is 6.04 Å². The Kier molecular flexibility index (Phi) is 4.66. The zero-order chi connectivity index (χ0) is 17.3. The average molecular weight is 347 g/mol. The Balaban J connectivity index is 1.65. The second kappa shape index (κ2) is 6.72. The summed E-state index contributed by atoms with van der Waals surface area (Å²) in [5.41, 5.74) is 0.792. The van der Waals surface area contributed by atoms with Crippen LogP contribution in [0.15, 0.2) is 12.3 Å². The van der Waals surface area contributed by atoms with E-state index in [-0.39, 0.29) is 18.2 Å². The molecule has 2 aromatic heterocycles. The molecular weight excluding hydrogens is 326 g/mol. The first kappa shape index (κ1) is 16.6. The van der Waals surface area contributed by atoms with E-state index in [9.17, 15) is 9.59 Å². The van der Waals surface area contributed by atoms with Crippen LogP contribution in [-0.2, 0) is 23.1 Å². The minimum absolute atomic E-state index is 0.0977. The summed E-state index contributed by atoms with van der Waals surface area (Å²) in [6, 6.07) is 1.32. The Morgan fingerprint density at radius 2 is 2.25 bits per heavy atom. The van der Waals surface area contributed by atoms with E-state index in [2.05, 4.69) is 15.4 Å². The van der Waals surface area contributed by atoms with Gasteiger partial charge >= 0.3 is 0 Å². The fourth-order valence-electron chi connectivity index (χ4n) is 2.92. The van der Waals surface area contributed by atoms with E-state index in [1.807, 2.05) is 27.0 Å². The second-order valence-corrected chi connectivity index (χ2v) is 7.42. The summed E-state index contributed by atoms with van der Waals surface area (Å²) in [5.74, 6) is 0.372. The highest BCUT2D eigenvalue weighted by Gasteiger charge is 2.31. The third-order valence-corrected chi connectivity index (χ3v) is 5.01. The molecule has 0 unspecified atom stereocenters. The number of nitrogens with zero attached hydrogens (tertiary/aromatic N) is 4. The van der Waals surface area contributed by atoms with Crippen LogP contribution in [0.1, 0.15) is 28.4 Å².